The third-order valence-corrected chi connectivity index (χ3v) is 4.00. The number of nitrogens with zero attached hydrogens (tertiary/aromatic N) is 1. The van der Waals surface area contributed by atoms with Gasteiger partial charge in [0, 0.05) is 24.0 Å². The van der Waals surface area contributed by atoms with Crippen molar-refractivity contribution in [1.82, 2.24) is 9.88 Å². The molecule has 1 aromatic carbocycles. The molecule has 94 valence electrons. The minimum atomic E-state index is 0.0885. The molecular formula is C15H18N2O. The molecule has 1 N–H and O–H groups in total. The Balaban J connectivity index is 1.86. The topological polar surface area (TPSA) is 36.1 Å². The molecule has 1 aliphatic carbocycles. The molecule has 0 radical (unpaired) electrons. The predicted molar refractivity (Wildman–Crippen MR) is 72.6 cm³/mol. The molecule has 1 saturated carbocycles. The summed E-state index contributed by atoms with van der Waals surface area (Å²) in [6.45, 7) is 2.14. The molecule has 1 unspecified atom stereocenters. The van der Waals surface area contributed by atoms with Crippen LogP contribution >= 0.6 is 0 Å². The highest BCUT2D eigenvalue weighted by Gasteiger charge is 2.33. The summed E-state index contributed by atoms with van der Waals surface area (Å²) in [5.41, 5.74) is 1.71. The predicted octanol–water partition coefficient (Wildman–Crippen LogP) is 3.04. The van der Waals surface area contributed by atoms with Crippen molar-refractivity contribution in [3.8, 4) is 0 Å². The van der Waals surface area contributed by atoms with Crippen LogP contribution in [0.1, 0.15) is 30.3 Å². The molecule has 1 aromatic heterocycles. The van der Waals surface area contributed by atoms with Crippen molar-refractivity contribution < 1.29 is 4.79 Å². The van der Waals surface area contributed by atoms with Crippen molar-refractivity contribution in [1.29, 1.82) is 0 Å². The Morgan fingerprint density at radius 1 is 1.39 bits per heavy atom. The summed E-state index contributed by atoms with van der Waals surface area (Å²) in [4.78, 5) is 17.4. The largest absolute Gasteiger partial charge is 0.351 e. The fourth-order valence-electron chi connectivity index (χ4n) is 2.46. The van der Waals surface area contributed by atoms with Gasteiger partial charge in [0.25, 0.3) is 5.91 Å². The molecule has 1 heterocycles. The number of nitrogens with one attached hydrogen (secondary N) is 1. The Labute approximate surface area is 107 Å². The number of aromatic amines is 1. The van der Waals surface area contributed by atoms with Gasteiger partial charge in [-0.15, -0.1) is 0 Å². The van der Waals surface area contributed by atoms with E-state index < -0.39 is 0 Å². The van der Waals surface area contributed by atoms with Crippen molar-refractivity contribution in [2.75, 3.05) is 7.05 Å². The summed E-state index contributed by atoms with van der Waals surface area (Å²) in [5.74, 6) is 0.786. The van der Waals surface area contributed by atoms with Crippen LogP contribution in [0.4, 0.5) is 0 Å². The molecule has 1 atom stereocenters. The molecule has 0 spiro atoms. The van der Waals surface area contributed by atoms with E-state index in [9.17, 15) is 4.79 Å². The fourth-order valence-corrected chi connectivity index (χ4v) is 2.46. The summed E-state index contributed by atoms with van der Waals surface area (Å²) in [6, 6.07) is 10.3. The molecular weight excluding hydrogens is 224 g/mol. The maximum atomic E-state index is 12.4. The first-order valence-electron chi connectivity index (χ1n) is 6.52. The highest BCUT2D eigenvalue weighted by Crippen LogP contribution is 2.35. The van der Waals surface area contributed by atoms with Crippen LogP contribution in [0.2, 0.25) is 0 Å². The van der Waals surface area contributed by atoms with Crippen LogP contribution < -0.4 is 0 Å². The van der Waals surface area contributed by atoms with Gasteiger partial charge in [0.15, 0.2) is 0 Å². The van der Waals surface area contributed by atoms with Gasteiger partial charge in [0.2, 0.25) is 0 Å². The lowest BCUT2D eigenvalue weighted by atomic mass is 10.2. The third-order valence-electron chi connectivity index (χ3n) is 4.00. The normalized spacial score (nSPS) is 16.8. The monoisotopic (exact) mass is 242 g/mol. The average Bonchev–Trinajstić information content (AvgIpc) is 3.14. The summed E-state index contributed by atoms with van der Waals surface area (Å²) < 4.78 is 0. The Morgan fingerprint density at radius 2 is 2.11 bits per heavy atom. The fraction of sp³-hybridized carbons (Fsp3) is 0.400. The molecule has 3 heteroatoms. The Morgan fingerprint density at radius 3 is 2.78 bits per heavy atom. The molecule has 1 aliphatic rings. The van der Waals surface area contributed by atoms with Crippen LogP contribution in [0.5, 0.6) is 0 Å². The van der Waals surface area contributed by atoms with E-state index in [1.54, 1.807) is 0 Å². The van der Waals surface area contributed by atoms with E-state index in [4.69, 9.17) is 0 Å². The smallest absolute Gasteiger partial charge is 0.270 e. The van der Waals surface area contributed by atoms with Gasteiger partial charge in [-0.3, -0.25) is 4.79 Å². The standard InChI is InChI=1S/C15H18N2O/c1-10(11-7-8-11)17(2)15(18)14-9-12-5-3-4-6-13(12)16-14/h3-6,9-11,16H,7-8H2,1-2H3. The first-order chi connectivity index (χ1) is 8.66. The van der Waals surface area contributed by atoms with Gasteiger partial charge in [-0.25, -0.2) is 0 Å². The van der Waals surface area contributed by atoms with Gasteiger partial charge in [-0.05, 0) is 37.8 Å². The van der Waals surface area contributed by atoms with E-state index in [0.29, 0.717) is 17.7 Å². The lowest BCUT2D eigenvalue weighted by Crippen LogP contribution is -2.36. The number of hydrogen-bond acceptors (Lipinski definition) is 1. The highest BCUT2D eigenvalue weighted by atomic mass is 16.2. The third kappa shape index (κ3) is 1.90. The van der Waals surface area contributed by atoms with Crippen LogP contribution in [-0.2, 0) is 0 Å². The van der Waals surface area contributed by atoms with Crippen LogP contribution in [0.15, 0.2) is 30.3 Å². The van der Waals surface area contributed by atoms with Crippen LogP contribution in [-0.4, -0.2) is 28.9 Å². The molecule has 1 fully saturated rings. The van der Waals surface area contributed by atoms with E-state index in [-0.39, 0.29) is 5.91 Å². The second-order valence-electron chi connectivity index (χ2n) is 5.26. The molecule has 0 saturated heterocycles. The zero-order valence-electron chi connectivity index (χ0n) is 10.8. The number of amides is 1. The number of rotatable bonds is 3. The summed E-state index contributed by atoms with van der Waals surface area (Å²) in [7, 11) is 1.90. The number of carbonyl (C=O) groups is 1. The zero-order chi connectivity index (χ0) is 12.7. The van der Waals surface area contributed by atoms with E-state index in [0.717, 1.165) is 10.9 Å². The van der Waals surface area contributed by atoms with E-state index in [1.807, 2.05) is 42.3 Å². The van der Waals surface area contributed by atoms with Crippen molar-refractivity contribution in [2.24, 2.45) is 5.92 Å². The summed E-state index contributed by atoms with van der Waals surface area (Å²) in [6.07, 6.45) is 2.51. The minimum Gasteiger partial charge on any atom is -0.351 e. The van der Waals surface area contributed by atoms with Gasteiger partial charge < -0.3 is 9.88 Å². The number of aromatic nitrogens is 1. The molecule has 18 heavy (non-hydrogen) atoms. The van der Waals surface area contributed by atoms with Gasteiger partial charge in [0.1, 0.15) is 5.69 Å². The summed E-state index contributed by atoms with van der Waals surface area (Å²) in [5, 5.41) is 1.09. The number of fused-ring (bicyclic) bond motifs is 1. The highest BCUT2D eigenvalue weighted by molar-refractivity contribution is 5.98. The Kier molecular flexibility index (Phi) is 2.62. The first kappa shape index (κ1) is 11.3. The van der Waals surface area contributed by atoms with Crippen LogP contribution in [0, 0.1) is 5.92 Å². The van der Waals surface area contributed by atoms with E-state index in [2.05, 4.69) is 11.9 Å². The maximum absolute atomic E-state index is 12.4. The summed E-state index contributed by atoms with van der Waals surface area (Å²) >= 11 is 0. The van der Waals surface area contributed by atoms with Gasteiger partial charge in [0.05, 0.1) is 0 Å². The SMILES string of the molecule is CC(C1CC1)N(C)C(=O)c1cc2ccccc2[nH]1. The molecule has 0 bridgehead atoms. The van der Waals surface area contributed by atoms with Gasteiger partial charge in [-0.2, -0.15) is 0 Å². The molecule has 2 aromatic rings. The quantitative estimate of drug-likeness (QED) is 0.882. The van der Waals surface area contributed by atoms with E-state index in [1.165, 1.54) is 12.8 Å². The number of para-hydroxylation sites is 1. The van der Waals surface area contributed by atoms with Crippen molar-refractivity contribution in [2.45, 2.75) is 25.8 Å². The number of H-pyrrole nitrogens is 1. The first-order valence-corrected chi connectivity index (χ1v) is 6.52. The second-order valence-corrected chi connectivity index (χ2v) is 5.26. The number of benzene rings is 1. The maximum Gasteiger partial charge on any atom is 0.270 e. The zero-order valence-corrected chi connectivity index (χ0v) is 10.8. The average molecular weight is 242 g/mol. The molecule has 3 rings (SSSR count). The van der Waals surface area contributed by atoms with Crippen molar-refractivity contribution in [3.05, 3.63) is 36.0 Å². The van der Waals surface area contributed by atoms with Gasteiger partial charge >= 0.3 is 0 Å². The molecule has 0 aliphatic heterocycles. The van der Waals surface area contributed by atoms with Crippen LogP contribution in [0.3, 0.4) is 0 Å². The molecule has 1 amide bonds. The number of carbonyl (C=O) groups excluding carboxylic acids is 1. The Bertz CT molecular complexity index is 550. The number of hydrogen-bond donors (Lipinski definition) is 1. The van der Waals surface area contributed by atoms with Crippen molar-refractivity contribution in [3.63, 3.8) is 0 Å². The Hall–Kier alpha value is -1.77. The van der Waals surface area contributed by atoms with Crippen molar-refractivity contribution >= 4 is 16.8 Å². The lowest BCUT2D eigenvalue weighted by Gasteiger charge is -2.24. The molecule has 3 nitrogen and oxygen atoms in total. The second kappa shape index (κ2) is 4.16. The lowest BCUT2D eigenvalue weighted by molar-refractivity contribution is 0.0722. The van der Waals surface area contributed by atoms with Crippen LogP contribution in [0.25, 0.3) is 10.9 Å². The van der Waals surface area contributed by atoms with E-state index >= 15 is 0 Å². The van der Waals surface area contributed by atoms with Gasteiger partial charge in [-0.1, -0.05) is 18.2 Å². The minimum absolute atomic E-state index is 0.0885.